The molecular formula is C16H27N3. The Morgan fingerprint density at radius 3 is 2.37 bits per heavy atom. The standard InChI is InChI=1S/C16H27N3/c1-12-9-13(2)11-19(10-12)15-8-6-7-14(17-15)18-16(3,4)5/h6-8,12-13H,9-11H2,1-5H3,(H,17,18). The smallest absolute Gasteiger partial charge is 0.130 e. The highest BCUT2D eigenvalue weighted by molar-refractivity contribution is 5.48. The molecule has 1 aliphatic rings. The van der Waals surface area contributed by atoms with Crippen LogP contribution >= 0.6 is 0 Å². The molecule has 0 spiro atoms. The minimum atomic E-state index is 0.0497. The van der Waals surface area contributed by atoms with E-state index in [2.05, 4.69) is 57.0 Å². The molecule has 2 atom stereocenters. The number of hydrogen-bond donors (Lipinski definition) is 1. The highest BCUT2D eigenvalue weighted by atomic mass is 15.2. The van der Waals surface area contributed by atoms with Gasteiger partial charge in [0.15, 0.2) is 0 Å². The maximum atomic E-state index is 4.77. The van der Waals surface area contributed by atoms with Gasteiger partial charge >= 0.3 is 0 Å². The molecule has 0 bridgehead atoms. The number of nitrogens with one attached hydrogen (secondary N) is 1. The highest BCUT2D eigenvalue weighted by Gasteiger charge is 2.23. The van der Waals surface area contributed by atoms with E-state index in [1.54, 1.807) is 0 Å². The summed E-state index contributed by atoms with van der Waals surface area (Å²) in [5.41, 5.74) is 0.0497. The zero-order valence-corrected chi connectivity index (χ0v) is 12.9. The fourth-order valence-electron chi connectivity index (χ4n) is 2.90. The molecule has 2 unspecified atom stereocenters. The molecule has 1 N–H and O–H groups in total. The van der Waals surface area contributed by atoms with Crippen molar-refractivity contribution in [3.63, 3.8) is 0 Å². The number of aromatic nitrogens is 1. The van der Waals surface area contributed by atoms with Crippen molar-refractivity contribution in [3.05, 3.63) is 18.2 Å². The van der Waals surface area contributed by atoms with Crippen molar-refractivity contribution in [2.24, 2.45) is 11.8 Å². The first kappa shape index (κ1) is 14.2. The van der Waals surface area contributed by atoms with Crippen LogP contribution in [-0.2, 0) is 0 Å². The van der Waals surface area contributed by atoms with Crippen LogP contribution in [0.15, 0.2) is 18.2 Å². The van der Waals surface area contributed by atoms with Crippen molar-refractivity contribution in [2.45, 2.75) is 46.6 Å². The molecule has 0 aliphatic carbocycles. The minimum absolute atomic E-state index is 0.0497. The van der Waals surface area contributed by atoms with Gasteiger partial charge < -0.3 is 10.2 Å². The molecule has 1 aromatic rings. The summed E-state index contributed by atoms with van der Waals surface area (Å²) in [7, 11) is 0. The number of piperidine rings is 1. The molecule has 2 heterocycles. The number of anilines is 2. The Bertz CT molecular complexity index is 412. The van der Waals surface area contributed by atoms with Gasteiger partial charge in [-0.05, 0) is 51.2 Å². The van der Waals surface area contributed by atoms with Crippen molar-refractivity contribution in [1.29, 1.82) is 0 Å². The normalized spacial score (nSPS) is 24.4. The average Bonchev–Trinajstić information content (AvgIpc) is 2.25. The topological polar surface area (TPSA) is 28.2 Å². The van der Waals surface area contributed by atoms with Crippen LogP contribution in [0.3, 0.4) is 0 Å². The summed E-state index contributed by atoms with van der Waals surface area (Å²) in [6.45, 7) is 13.4. The Hall–Kier alpha value is -1.25. The van der Waals surface area contributed by atoms with Crippen molar-refractivity contribution in [2.75, 3.05) is 23.3 Å². The maximum Gasteiger partial charge on any atom is 0.130 e. The number of rotatable bonds is 2. The SMILES string of the molecule is CC1CC(C)CN(c2cccc(NC(C)(C)C)n2)C1. The predicted molar refractivity (Wildman–Crippen MR) is 82.8 cm³/mol. The van der Waals surface area contributed by atoms with E-state index in [1.807, 2.05) is 6.07 Å². The third-order valence-corrected chi connectivity index (χ3v) is 3.43. The van der Waals surface area contributed by atoms with Gasteiger partial charge in [-0.25, -0.2) is 4.98 Å². The van der Waals surface area contributed by atoms with Crippen LogP contribution in [0.25, 0.3) is 0 Å². The maximum absolute atomic E-state index is 4.77. The van der Waals surface area contributed by atoms with Gasteiger partial charge in [-0.1, -0.05) is 19.9 Å². The molecule has 0 radical (unpaired) electrons. The van der Waals surface area contributed by atoms with E-state index in [4.69, 9.17) is 4.98 Å². The average molecular weight is 261 g/mol. The van der Waals surface area contributed by atoms with E-state index in [-0.39, 0.29) is 5.54 Å². The molecule has 0 amide bonds. The van der Waals surface area contributed by atoms with Gasteiger partial charge in [-0.15, -0.1) is 0 Å². The molecule has 1 aliphatic heterocycles. The fraction of sp³-hybridized carbons (Fsp3) is 0.688. The largest absolute Gasteiger partial charge is 0.365 e. The van der Waals surface area contributed by atoms with Gasteiger partial charge in [0, 0.05) is 18.6 Å². The van der Waals surface area contributed by atoms with Crippen LogP contribution in [-0.4, -0.2) is 23.6 Å². The van der Waals surface area contributed by atoms with Crippen LogP contribution < -0.4 is 10.2 Å². The Kier molecular flexibility index (Phi) is 4.02. The summed E-state index contributed by atoms with van der Waals surface area (Å²) in [5, 5.41) is 3.45. The second kappa shape index (κ2) is 5.40. The van der Waals surface area contributed by atoms with Gasteiger partial charge in [0.05, 0.1) is 0 Å². The van der Waals surface area contributed by atoms with Gasteiger partial charge in [0.25, 0.3) is 0 Å². The van der Waals surface area contributed by atoms with Crippen LogP contribution in [0, 0.1) is 11.8 Å². The third kappa shape index (κ3) is 4.12. The van der Waals surface area contributed by atoms with E-state index in [0.29, 0.717) is 0 Å². The van der Waals surface area contributed by atoms with Crippen LogP contribution in [0.4, 0.5) is 11.6 Å². The second-order valence-electron chi connectivity index (χ2n) is 7.11. The monoisotopic (exact) mass is 261 g/mol. The van der Waals surface area contributed by atoms with E-state index < -0.39 is 0 Å². The summed E-state index contributed by atoms with van der Waals surface area (Å²) >= 11 is 0. The van der Waals surface area contributed by atoms with Crippen LogP contribution in [0.1, 0.15) is 41.0 Å². The Morgan fingerprint density at radius 2 is 1.79 bits per heavy atom. The van der Waals surface area contributed by atoms with Gasteiger partial charge in [-0.2, -0.15) is 0 Å². The fourth-order valence-corrected chi connectivity index (χ4v) is 2.90. The molecule has 1 fully saturated rings. The highest BCUT2D eigenvalue weighted by Crippen LogP contribution is 2.26. The molecule has 0 saturated carbocycles. The first-order valence-corrected chi connectivity index (χ1v) is 7.33. The van der Waals surface area contributed by atoms with Crippen molar-refractivity contribution < 1.29 is 0 Å². The predicted octanol–water partition coefficient (Wildman–Crippen LogP) is 3.77. The lowest BCUT2D eigenvalue weighted by atomic mass is 9.92. The van der Waals surface area contributed by atoms with Crippen LogP contribution in [0.2, 0.25) is 0 Å². The number of hydrogen-bond acceptors (Lipinski definition) is 3. The second-order valence-corrected chi connectivity index (χ2v) is 7.11. The zero-order chi connectivity index (χ0) is 14.0. The molecular weight excluding hydrogens is 234 g/mol. The van der Waals surface area contributed by atoms with Crippen molar-refractivity contribution >= 4 is 11.6 Å². The molecule has 3 heteroatoms. The Labute approximate surface area is 117 Å². The molecule has 1 aromatic heterocycles. The lowest BCUT2D eigenvalue weighted by Crippen LogP contribution is -2.39. The van der Waals surface area contributed by atoms with E-state index in [1.165, 1.54) is 6.42 Å². The molecule has 3 nitrogen and oxygen atoms in total. The van der Waals surface area contributed by atoms with Gasteiger partial charge in [0.2, 0.25) is 0 Å². The number of nitrogens with zero attached hydrogens (tertiary/aromatic N) is 2. The van der Waals surface area contributed by atoms with E-state index in [0.717, 1.165) is 36.6 Å². The summed E-state index contributed by atoms with van der Waals surface area (Å²) < 4.78 is 0. The Morgan fingerprint density at radius 1 is 1.16 bits per heavy atom. The molecule has 106 valence electrons. The first-order valence-electron chi connectivity index (χ1n) is 7.33. The third-order valence-electron chi connectivity index (χ3n) is 3.43. The Balaban J connectivity index is 2.14. The van der Waals surface area contributed by atoms with Gasteiger partial charge in [-0.3, -0.25) is 0 Å². The lowest BCUT2D eigenvalue weighted by Gasteiger charge is -2.36. The van der Waals surface area contributed by atoms with Crippen molar-refractivity contribution in [1.82, 2.24) is 4.98 Å². The molecule has 19 heavy (non-hydrogen) atoms. The van der Waals surface area contributed by atoms with E-state index >= 15 is 0 Å². The quantitative estimate of drug-likeness (QED) is 0.878. The summed E-state index contributed by atoms with van der Waals surface area (Å²) in [4.78, 5) is 7.19. The van der Waals surface area contributed by atoms with Gasteiger partial charge in [0.1, 0.15) is 11.6 Å². The molecule has 1 saturated heterocycles. The summed E-state index contributed by atoms with van der Waals surface area (Å²) in [6, 6.07) is 6.27. The first-order chi connectivity index (χ1) is 8.83. The summed E-state index contributed by atoms with van der Waals surface area (Å²) in [6.07, 6.45) is 1.33. The minimum Gasteiger partial charge on any atom is -0.365 e. The van der Waals surface area contributed by atoms with Crippen molar-refractivity contribution in [3.8, 4) is 0 Å². The van der Waals surface area contributed by atoms with E-state index in [9.17, 15) is 0 Å². The summed E-state index contributed by atoms with van der Waals surface area (Å²) in [5.74, 6) is 3.58. The van der Waals surface area contributed by atoms with Crippen LogP contribution in [0.5, 0.6) is 0 Å². The number of pyridine rings is 1. The zero-order valence-electron chi connectivity index (χ0n) is 12.9. The molecule has 0 aromatic carbocycles. The lowest BCUT2D eigenvalue weighted by molar-refractivity contribution is 0.355. The molecule has 2 rings (SSSR count).